The number of nitrogen functional groups attached to an aromatic ring is 1. The Kier molecular flexibility index (Phi) is 4.53. The minimum atomic E-state index is -1.20. The van der Waals surface area contributed by atoms with E-state index in [0.29, 0.717) is 16.3 Å². The predicted molar refractivity (Wildman–Crippen MR) is 80.6 cm³/mol. The zero-order chi connectivity index (χ0) is 13.1. The van der Waals surface area contributed by atoms with Crippen molar-refractivity contribution in [2.45, 2.75) is 10.6 Å². The van der Waals surface area contributed by atoms with Crippen LogP contribution < -0.4 is 5.73 Å². The average molecular weight is 390 g/mol. The molecule has 2 rings (SSSR count). The third kappa shape index (κ3) is 3.40. The predicted octanol–water partition coefficient (Wildman–Crippen LogP) is 3.50. The Labute approximate surface area is 125 Å². The molecule has 0 aliphatic carbocycles. The number of benzene rings is 1. The smallest absolute Gasteiger partial charge is 0.0706 e. The minimum Gasteiger partial charge on any atom is -0.398 e. The highest BCUT2D eigenvalue weighted by Crippen LogP contribution is 2.23. The van der Waals surface area contributed by atoms with Gasteiger partial charge in [-0.2, -0.15) is 0 Å². The minimum absolute atomic E-state index is 0.355. The van der Waals surface area contributed by atoms with Crippen LogP contribution in [0.15, 0.2) is 50.4 Å². The summed E-state index contributed by atoms with van der Waals surface area (Å²) in [5.41, 5.74) is 7.14. The molecular formula is C12H10Br2N2OS. The van der Waals surface area contributed by atoms with Gasteiger partial charge in [-0.05, 0) is 46.3 Å². The van der Waals surface area contributed by atoms with Gasteiger partial charge >= 0.3 is 0 Å². The normalized spacial score (nSPS) is 12.3. The SMILES string of the molecule is Nc1ccc(Br)cc1S(=O)Cc1ccc(Br)cn1. The Morgan fingerprint density at radius 3 is 2.56 bits per heavy atom. The third-order valence-corrected chi connectivity index (χ3v) is 4.65. The molecule has 0 aliphatic heterocycles. The summed E-state index contributed by atoms with van der Waals surface area (Å²) in [7, 11) is -1.20. The summed E-state index contributed by atoms with van der Waals surface area (Å²) in [6.45, 7) is 0. The summed E-state index contributed by atoms with van der Waals surface area (Å²) in [5.74, 6) is 0.355. The van der Waals surface area contributed by atoms with Crippen molar-refractivity contribution in [3.63, 3.8) is 0 Å². The van der Waals surface area contributed by atoms with E-state index in [2.05, 4.69) is 36.8 Å². The van der Waals surface area contributed by atoms with Gasteiger partial charge in [-0.3, -0.25) is 9.19 Å². The van der Waals surface area contributed by atoms with Crippen LogP contribution in [0.3, 0.4) is 0 Å². The van der Waals surface area contributed by atoms with Crippen LogP contribution in [0.25, 0.3) is 0 Å². The molecule has 0 aliphatic rings. The lowest BCUT2D eigenvalue weighted by Crippen LogP contribution is -2.02. The summed E-state index contributed by atoms with van der Waals surface area (Å²) in [6, 6.07) is 9.07. The van der Waals surface area contributed by atoms with Crippen LogP contribution in [0.1, 0.15) is 5.69 Å². The van der Waals surface area contributed by atoms with Gasteiger partial charge in [0.25, 0.3) is 0 Å². The van der Waals surface area contributed by atoms with E-state index in [1.54, 1.807) is 18.3 Å². The molecule has 1 unspecified atom stereocenters. The quantitative estimate of drug-likeness (QED) is 0.817. The average Bonchev–Trinajstić information content (AvgIpc) is 2.35. The number of rotatable bonds is 3. The molecule has 3 nitrogen and oxygen atoms in total. The lowest BCUT2D eigenvalue weighted by Gasteiger charge is -2.06. The van der Waals surface area contributed by atoms with Gasteiger partial charge in [0.2, 0.25) is 0 Å². The van der Waals surface area contributed by atoms with Gasteiger partial charge < -0.3 is 5.73 Å². The highest BCUT2D eigenvalue weighted by Gasteiger charge is 2.10. The van der Waals surface area contributed by atoms with E-state index in [1.165, 1.54) is 0 Å². The second-order valence-electron chi connectivity index (χ2n) is 3.64. The van der Waals surface area contributed by atoms with Crippen molar-refractivity contribution in [2.75, 3.05) is 5.73 Å². The molecule has 18 heavy (non-hydrogen) atoms. The first-order valence-electron chi connectivity index (χ1n) is 5.10. The molecule has 1 aromatic carbocycles. The maximum absolute atomic E-state index is 12.2. The maximum Gasteiger partial charge on any atom is 0.0706 e. The third-order valence-electron chi connectivity index (χ3n) is 2.29. The summed E-state index contributed by atoms with van der Waals surface area (Å²) in [4.78, 5) is 4.84. The van der Waals surface area contributed by atoms with Gasteiger partial charge in [-0.15, -0.1) is 0 Å². The van der Waals surface area contributed by atoms with Gasteiger partial charge in [-0.1, -0.05) is 15.9 Å². The molecule has 2 N–H and O–H groups in total. The first-order chi connectivity index (χ1) is 8.56. The summed E-state index contributed by atoms with van der Waals surface area (Å²) in [5, 5.41) is 0. The largest absolute Gasteiger partial charge is 0.398 e. The highest BCUT2D eigenvalue weighted by molar-refractivity contribution is 9.10. The van der Waals surface area contributed by atoms with E-state index in [4.69, 9.17) is 5.73 Å². The molecule has 0 fully saturated rings. The molecule has 2 aromatic rings. The van der Waals surface area contributed by atoms with E-state index >= 15 is 0 Å². The number of anilines is 1. The van der Waals surface area contributed by atoms with Crippen LogP contribution in [-0.4, -0.2) is 9.19 Å². The van der Waals surface area contributed by atoms with Gasteiger partial charge in [0.05, 0.1) is 27.1 Å². The molecule has 94 valence electrons. The zero-order valence-corrected chi connectivity index (χ0v) is 13.3. The monoisotopic (exact) mass is 388 g/mol. The molecule has 0 bridgehead atoms. The van der Waals surface area contributed by atoms with Crippen LogP contribution >= 0.6 is 31.9 Å². The zero-order valence-electron chi connectivity index (χ0n) is 9.27. The lowest BCUT2D eigenvalue weighted by atomic mass is 10.3. The van der Waals surface area contributed by atoms with Crippen molar-refractivity contribution < 1.29 is 4.21 Å². The lowest BCUT2D eigenvalue weighted by molar-refractivity contribution is 0.682. The van der Waals surface area contributed by atoms with Gasteiger partial charge in [0.1, 0.15) is 0 Å². The Bertz CT molecular complexity index is 587. The van der Waals surface area contributed by atoms with E-state index in [1.807, 2.05) is 18.2 Å². The first kappa shape index (κ1) is 13.7. The summed E-state index contributed by atoms with van der Waals surface area (Å²) >= 11 is 6.66. The number of nitrogens with zero attached hydrogens (tertiary/aromatic N) is 1. The molecule has 0 spiro atoms. The molecule has 0 radical (unpaired) electrons. The van der Waals surface area contributed by atoms with Crippen molar-refractivity contribution >= 4 is 48.3 Å². The fourth-order valence-electron chi connectivity index (χ4n) is 1.41. The standard InChI is InChI=1S/C12H10Br2N2OS/c13-8-2-4-11(15)12(5-8)18(17)7-10-3-1-9(14)6-16-10/h1-6H,7,15H2. The van der Waals surface area contributed by atoms with E-state index < -0.39 is 10.8 Å². The summed E-state index contributed by atoms with van der Waals surface area (Å²) < 4.78 is 14.0. The molecule has 1 atom stereocenters. The summed E-state index contributed by atoms with van der Waals surface area (Å²) in [6.07, 6.45) is 1.69. The molecule has 6 heteroatoms. The number of pyridine rings is 1. The molecule has 1 aromatic heterocycles. The van der Waals surface area contributed by atoms with Crippen molar-refractivity contribution in [3.8, 4) is 0 Å². The fourth-order valence-corrected chi connectivity index (χ4v) is 3.34. The number of halogens is 2. The fraction of sp³-hybridized carbons (Fsp3) is 0.0833. The van der Waals surface area contributed by atoms with Crippen LogP contribution in [0.2, 0.25) is 0 Å². The topological polar surface area (TPSA) is 56.0 Å². The second-order valence-corrected chi connectivity index (χ2v) is 6.89. The van der Waals surface area contributed by atoms with Gasteiger partial charge in [-0.25, -0.2) is 0 Å². The van der Waals surface area contributed by atoms with Gasteiger partial charge in [0, 0.05) is 20.8 Å². The highest BCUT2D eigenvalue weighted by atomic mass is 79.9. The van der Waals surface area contributed by atoms with Crippen molar-refractivity contribution in [1.82, 2.24) is 4.98 Å². The molecular weight excluding hydrogens is 380 g/mol. The van der Waals surface area contributed by atoms with E-state index in [-0.39, 0.29) is 0 Å². The Hall–Kier alpha value is -0.720. The van der Waals surface area contributed by atoms with Crippen molar-refractivity contribution in [1.29, 1.82) is 0 Å². The molecule has 0 amide bonds. The number of nitrogens with two attached hydrogens (primary N) is 1. The van der Waals surface area contributed by atoms with E-state index in [9.17, 15) is 4.21 Å². The maximum atomic E-state index is 12.2. The Morgan fingerprint density at radius 2 is 1.89 bits per heavy atom. The molecule has 0 saturated heterocycles. The van der Waals surface area contributed by atoms with Crippen LogP contribution in [0.4, 0.5) is 5.69 Å². The Balaban J connectivity index is 2.21. The van der Waals surface area contributed by atoms with Crippen LogP contribution in [0.5, 0.6) is 0 Å². The van der Waals surface area contributed by atoms with Crippen molar-refractivity contribution in [3.05, 3.63) is 51.2 Å². The Morgan fingerprint density at radius 1 is 1.17 bits per heavy atom. The van der Waals surface area contributed by atoms with Crippen molar-refractivity contribution in [2.24, 2.45) is 0 Å². The van der Waals surface area contributed by atoms with E-state index in [0.717, 1.165) is 14.6 Å². The van der Waals surface area contributed by atoms with Gasteiger partial charge in [0.15, 0.2) is 0 Å². The first-order valence-corrected chi connectivity index (χ1v) is 8.00. The number of hydrogen-bond acceptors (Lipinski definition) is 3. The van der Waals surface area contributed by atoms with Crippen LogP contribution in [0, 0.1) is 0 Å². The second kappa shape index (κ2) is 5.95. The van der Waals surface area contributed by atoms with Crippen LogP contribution in [-0.2, 0) is 16.6 Å². The number of aromatic nitrogens is 1. The molecule has 0 saturated carbocycles. The number of hydrogen-bond donors (Lipinski definition) is 1. The molecule has 1 heterocycles.